The molecule has 122 valence electrons. The summed E-state index contributed by atoms with van der Waals surface area (Å²) >= 11 is 0. The summed E-state index contributed by atoms with van der Waals surface area (Å²) in [4.78, 5) is 14.1. The number of hydrogen-bond acceptors (Lipinski definition) is 2. The Morgan fingerprint density at radius 1 is 1.27 bits per heavy atom. The molecule has 1 aliphatic heterocycles. The molecule has 2 rings (SSSR count). The van der Waals surface area contributed by atoms with E-state index in [-0.39, 0.29) is 18.4 Å². The molecule has 4 nitrogen and oxygen atoms in total. The van der Waals surface area contributed by atoms with Crippen LogP contribution in [0.15, 0.2) is 24.3 Å². The molecule has 0 spiro atoms. The Morgan fingerprint density at radius 3 is 2.73 bits per heavy atom. The number of carbonyl (C=O) groups is 1. The number of piperidine rings is 1. The molecule has 0 saturated carbocycles. The summed E-state index contributed by atoms with van der Waals surface area (Å²) in [5.41, 5.74) is 0.500. The Kier molecular flexibility index (Phi) is 6.65. The lowest BCUT2D eigenvalue weighted by Crippen LogP contribution is -2.38. The van der Waals surface area contributed by atoms with Gasteiger partial charge in [-0.2, -0.15) is 0 Å². The van der Waals surface area contributed by atoms with Crippen LogP contribution in [0.5, 0.6) is 0 Å². The van der Waals surface area contributed by atoms with Crippen LogP contribution >= 0.6 is 0 Å². The minimum Gasteiger partial charge on any atom is -0.338 e. The zero-order valence-corrected chi connectivity index (χ0v) is 13.3. The zero-order valence-electron chi connectivity index (χ0n) is 13.3. The van der Waals surface area contributed by atoms with Crippen molar-refractivity contribution in [1.29, 1.82) is 0 Å². The van der Waals surface area contributed by atoms with E-state index in [9.17, 15) is 9.18 Å². The Hall–Kier alpha value is -1.62. The fourth-order valence-corrected chi connectivity index (χ4v) is 2.67. The van der Waals surface area contributed by atoms with Gasteiger partial charge < -0.3 is 15.5 Å². The van der Waals surface area contributed by atoms with Gasteiger partial charge in [-0.25, -0.2) is 9.18 Å². The number of halogens is 1. The molecule has 0 aromatic heterocycles. The van der Waals surface area contributed by atoms with E-state index in [4.69, 9.17) is 0 Å². The van der Waals surface area contributed by atoms with Crippen LogP contribution < -0.4 is 10.6 Å². The highest BCUT2D eigenvalue weighted by molar-refractivity contribution is 5.73. The van der Waals surface area contributed by atoms with E-state index in [1.54, 1.807) is 18.2 Å². The molecule has 1 aliphatic rings. The first-order valence-corrected chi connectivity index (χ1v) is 8.12. The maximum atomic E-state index is 13.4. The van der Waals surface area contributed by atoms with Crippen molar-refractivity contribution in [3.8, 4) is 0 Å². The average Bonchev–Trinajstić information content (AvgIpc) is 2.52. The maximum Gasteiger partial charge on any atom is 0.315 e. The first-order valence-electron chi connectivity index (χ1n) is 8.12. The fourth-order valence-electron chi connectivity index (χ4n) is 2.67. The van der Waals surface area contributed by atoms with E-state index in [1.165, 1.54) is 32.0 Å². The predicted octanol–water partition coefficient (Wildman–Crippen LogP) is 2.75. The van der Waals surface area contributed by atoms with Crippen LogP contribution in [-0.2, 0) is 6.54 Å². The molecule has 0 aliphatic carbocycles. The highest BCUT2D eigenvalue weighted by Crippen LogP contribution is 2.15. The summed E-state index contributed by atoms with van der Waals surface area (Å²) in [5.74, 6) is 0.556. The second-order valence-electron chi connectivity index (χ2n) is 6.08. The minimum absolute atomic E-state index is 0.211. The summed E-state index contributed by atoms with van der Waals surface area (Å²) in [6.07, 6.45) is 3.49. The first-order chi connectivity index (χ1) is 10.6. The summed E-state index contributed by atoms with van der Waals surface area (Å²) in [6, 6.07) is 6.23. The van der Waals surface area contributed by atoms with E-state index in [2.05, 4.69) is 22.5 Å². The Labute approximate surface area is 132 Å². The molecule has 1 saturated heterocycles. The summed E-state index contributed by atoms with van der Waals surface area (Å²) < 4.78 is 13.4. The van der Waals surface area contributed by atoms with E-state index in [1.807, 2.05) is 0 Å². The van der Waals surface area contributed by atoms with Gasteiger partial charge in [0.2, 0.25) is 0 Å². The van der Waals surface area contributed by atoms with Gasteiger partial charge in [-0.1, -0.05) is 25.1 Å². The van der Waals surface area contributed by atoms with E-state index < -0.39 is 0 Å². The highest BCUT2D eigenvalue weighted by atomic mass is 19.1. The van der Waals surface area contributed by atoms with Gasteiger partial charge in [0.15, 0.2) is 0 Å². The van der Waals surface area contributed by atoms with Gasteiger partial charge in [0.25, 0.3) is 0 Å². The van der Waals surface area contributed by atoms with Crippen LogP contribution in [0.4, 0.5) is 9.18 Å². The maximum absolute atomic E-state index is 13.4. The van der Waals surface area contributed by atoms with E-state index >= 15 is 0 Å². The first kappa shape index (κ1) is 16.7. The molecule has 0 radical (unpaired) electrons. The van der Waals surface area contributed by atoms with Crippen molar-refractivity contribution in [3.63, 3.8) is 0 Å². The van der Waals surface area contributed by atoms with Crippen molar-refractivity contribution in [1.82, 2.24) is 15.5 Å². The lowest BCUT2D eigenvalue weighted by molar-refractivity contribution is 0.190. The van der Waals surface area contributed by atoms with Gasteiger partial charge in [-0.15, -0.1) is 0 Å². The lowest BCUT2D eigenvalue weighted by atomic mass is 9.99. The number of likely N-dealkylation sites (tertiary alicyclic amines) is 1. The number of rotatable bonds is 6. The Morgan fingerprint density at radius 2 is 2.00 bits per heavy atom. The SMILES string of the molecule is CC1CCN(CCCNC(=O)NCc2ccccc2F)CC1. The predicted molar refractivity (Wildman–Crippen MR) is 86.1 cm³/mol. The third-order valence-corrected chi connectivity index (χ3v) is 4.21. The fraction of sp³-hybridized carbons (Fsp3) is 0.588. The molecule has 1 aromatic carbocycles. The molecule has 5 heteroatoms. The van der Waals surface area contributed by atoms with Crippen LogP contribution in [0, 0.1) is 11.7 Å². The Bertz CT molecular complexity index is 473. The summed E-state index contributed by atoms with van der Waals surface area (Å²) in [5, 5.41) is 5.50. The van der Waals surface area contributed by atoms with E-state index in [0.717, 1.165) is 18.9 Å². The quantitative estimate of drug-likeness (QED) is 0.794. The molecular weight excluding hydrogens is 281 g/mol. The third-order valence-electron chi connectivity index (χ3n) is 4.21. The zero-order chi connectivity index (χ0) is 15.8. The minimum atomic E-state index is -0.290. The van der Waals surface area contributed by atoms with Crippen molar-refractivity contribution in [2.75, 3.05) is 26.2 Å². The summed E-state index contributed by atoms with van der Waals surface area (Å²) in [6.45, 7) is 6.53. The number of nitrogens with one attached hydrogen (secondary N) is 2. The number of urea groups is 1. The molecule has 2 N–H and O–H groups in total. The van der Waals surface area contributed by atoms with Gasteiger partial charge in [0.05, 0.1) is 0 Å². The van der Waals surface area contributed by atoms with Crippen molar-refractivity contribution >= 4 is 6.03 Å². The van der Waals surface area contributed by atoms with Gasteiger partial charge in [-0.05, 0) is 50.9 Å². The number of carbonyl (C=O) groups excluding carboxylic acids is 1. The Balaban J connectivity index is 1.55. The monoisotopic (exact) mass is 307 g/mol. The summed E-state index contributed by atoms with van der Waals surface area (Å²) in [7, 11) is 0. The molecule has 2 amide bonds. The largest absolute Gasteiger partial charge is 0.338 e. The molecule has 0 unspecified atom stereocenters. The van der Waals surface area contributed by atoms with Crippen molar-refractivity contribution in [2.45, 2.75) is 32.7 Å². The topological polar surface area (TPSA) is 44.4 Å². The van der Waals surface area contributed by atoms with E-state index in [0.29, 0.717) is 12.1 Å². The van der Waals surface area contributed by atoms with Crippen molar-refractivity contribution in [3.05, 3.63) is 35.6 Å². The standard InChI is InChI=1S/C17H26FN3O/c1-14-7-11-21(12-8-14)10-4-9-19-17(22)20-13-15-5-2-3-6-16(15)18/h2-3,5-6,14H,4,7-13H2,1H3,(H2,19,20,22). The number of benzene rings is 1. The van der Waals surface area contributed by atoms with Gasteiger partial charge in [-0.3, -0.25) is 0 Å². The molecule has 1 heterocycles. The van der Waals surface area contributed by atoms with Gasteiger partial charge in [0, 0.05) is 18.7 Å². The highest BCUT2D eigenvalue weighted by Gasteiger charge is 2.14. The number of nitrogens with zero attached hydrogens (tertiary/aromatic N) is 1. The van der Waals surface area contributed by atoms with Crippen LogP contribution in [0.1, 0.15) is 31.7 Å². The molecular formula is C17H26FN3O. The average molecular weight is 307 g/mol. The number of amides is 2. The van der Waals surface area contributed by atoms with Crippen LogP contribution in [0.2, 0.25) is 0 Å². The third kappa shape index (κ3) is 5.64. The molecule has 1 fully saturated rings. The molecule has 0 bridgehead atoms. The lowest BCUT2D eigenvalue weighted by Gasteiger charge is -2.30. The normalized spacial score (nSPS) is 16.5. The van der Waals surface area contributed by atoms with Crippen LogP contribution in [0.3, 0.4) is 0 Å². The second-order valence-corrected chi connectivity index (χ2v) is 6.08. The van der Waals surface area contributed by atoms with Gasteiger partial charge in [0.1, 0.15) is 5.82 Å². The molecule has 22 heavy (non-hydrogen) atoms. The van der Waals surface area contributed by atoms with Crippen molar-refractivity contribution < 1.29 is 9.18 Å². The molecule has 0 atom stereocenters. The molecule has 1 aromatic rings. The number of hydrogen-bond donors (Lipinski definition) is 2. The van der Waals surface area contributed by atoms with Crippen molar-refractivity contribution in [2.24, 2.45) is 5.92 Å². The van der Waals surface area contributed by atoms with Crippen LogP contribution in [-0.4, -0.2) is 37.1 Å². The second kappa shape index (κ2) is 8.73. The van der Waals surface area contributed by atoms with Gasteiger partial charge >= 0.3 is 6.03 Å². The smallest absolute Gasteiger partial charge is 0.315 e. The van der Waals surface area contributed by atoms with Crippen LogP contribution in [0.25, 0.3) is 0 Å².